The van der Waals surface area contributed by atoms with Crippen LogP contribution in [0.2, 0.25) is 0 Å². The molecule has 202 valence electrons. The number of hydrogen-bond donors (Lipinski definition) is 3. The predicted molar refractivity (Wildman–Crippen MR) is 150 cm³/mol. The van der Waals surface area contributed by atoms with E-state index in [0.29, 0.717) is 40.6 Å². The number of phenols is 1. The Bertz CT molecular complexity index is 1950. The van der Waals surface area contributed by atoms with Crippen LogP contribution in [-0.4, -0.2) is 40.3 Å². The number of rotatable bonds is 5. The maximum absolute atomic E-state index is 13.5. The number of carbonyl (C=O) groups excluding carboxylic acids is 1. The monoisotopic (exact) mass is 546 g/mol. The second-order valence-corrected chi connectivity index (χ2v) is 9.78. The lowest BCUT2D eigenvalue weighted by Gasteiger charge is -2.16. The smallest absolute Gasteiger partial charge is 0.251 e. The number of aromatic hydroxyl groups is 1. The van der Waals surface area contributed by atoms with Gasteiger partial charge in [0.05, 0.1) is 11.6 Å². The average Bonchev–Trinajstić information content (AvgIpc) is 3.73. The number of hydrogen-bond acceptors (Lipinski definition) is 7. The summed E-state index contributed by atoms with van der Waals surface area (Å²) in [6.45, 7) is 0. The van der Waals surface area contributed by atoms with Gasteiger partial charge in [0.25, 0.3) is 5.91 Å². The number of aryl methyl sites for hydroxylation is 1. The highest BCUT2D eigenvalue weighted by Gasteiger charge is 2.26. The Labute approximate surface area is 232 Å². The van der Waals surface area contributed by atoms with Gasteiger partial charge in [-0.1, -0.05) is 6.07 Å². The number of pyridine rings is 2. The minimum absolute atomic E-state index is 0.191. The maximum atomic E-state index is 13.5. The second-order valence-electron chi connectivity index (χ2n) is 9.78. The van der Waals surface area contributed by atoms with Gasteiger partial charge in [-0.3, -0.25) is 9.36 Å². The Hall–Kier alpha value is -5.58. The molecule has 0 bridgehead atoms. The molecular formula is C30H23FN8O2. The predicted octanol–water partition coefficient (Wildman–Crippen LogP) is 4.51. The molecule has 41 heavy (non-hydrogen) atoms. The molecule has 0 spiro atoms. The summed E-state index contributed by atoms with van der Waals surface area (Å²) in [5.41, 5.74) is 11.4. The summed E-state index contributed by atoms with van der Waals surface area (Å²) in [4.78, 5) is 26.9. The lowest BCUT2D eigenvalue weighted by Crippen LogP contribution is -2.27. The Balaban J connectivity index is 1.30. The van der Waals surface area contributed by atoms with Crippen LogP contribution < -0.4 is 11.1 Å². The van der Waals surface area contributed by atoms with Gasteiger partial charge in [0.2, 0.25) is 0 Å². The van der Waals surface area contributed by atoms with Gasteiger partial charge in [-0.05, 0) is 84.6 Å². The van der Waals surface area contributed by atoms with Crippen LogP contribution in [-0.2, 0) is 6.42 Å². The van der Waals surface area contributed by atoms with Crippen molar-refractivity contribution in [3.8, 4) is 28.6 Å². The number of nitrogen functional groups attached to an aromatic ring is 1. The number of amides is 1. The lowest BCUT2D eigenvalue weighted by molar-refractivity contribution is 0.0936. The summed E-state index contributed by atoms with van der Waals surface area (Å²) >= 11 is 0. The number of halogens is 1. The second kappa shape index (κ2) is 9.56. The number of benzene rings is 2. The maximum Gasteiger partial charge on any atom is 0.251 e. The van der Waals surface area contributed by atoms with Crippen molar-refractivity contribution < 1.29 is 14.3 Å². The van der Waals surface area contributed by atoms with Crippen LogP contribution in [0.15, 0.2) is 85.3 Å². The molecule has 0 radical (unpaired) electrons. The molecule has 6 aromatic rings. The van der Waals surface area contributed by atoms with Crippen LogP contribution in [0.3, 0.4) is 0 Å². The Morgan fingerprint density at radius 1 is 1.05 bits per heavy atom. The first kappa shape index (κ1) is 24.5. The highest BCUT2D eigenvalue weighted by atomic mass is 19.1. The average molecular weight is 547 g/mol. The highest BCUT2D eigenvalue weighted by Crippen LogP contribution is 2.36. The van der Waals surface area contributed by atoms with E-state index < -0.39 is 11.6 Å². The highest BCUT2D eigenvalue weighted by molar-refractivity contribution is 5.95. The first-order chi connectivity index (χ1) is 20.0. The molecule has 1 atom stereocenters. The van der Waals surface area contributed by atoms with Gasteiger partial charge in [-0.2, -0.15) is 5.10 Å². The Kier molecular flexibility index (Phi) is 5.70. The van der Waals surface area contributed by atoms with E-state index in [9.17, 15) is 14.3 Å². The fourth-order valence-electron chi connectivity index (χ4n) is 5.30. The van der Waals surface area contributed by atoms with Crippen molar-refractivity contribution in [1.82, 2.24) is 34.6 Å². The fourth-order valence-corrected chi connectivity index (χ4v) is 5.30. The third kappa shape index (κ3) is 4.24. The van der Waals surface area contributed by atoms with E-state index in [0.717, 1.165) is 35.4 Å². The van der Waals surface area contributed by atoms with Gasteiger partial charge in [-0.15, -0.1) is 0 Å². The molecule has 2 aromatic carbocycles. The molecule has 10 nitrogen and oxygen atoms in total. The van der Waals surface area contributed by atoms with Gasteiger partial charge in [0.15, 0.2) is 28.9 Å². The van der Waals surface area contributed by atoms with Crippen molar-refractivity contribution in [2.45, 2.75) is 18.9 Å². The zero-order valence-electron chi connectivity index (χ0n) is 21.6. The van der Waals surface area contributed by atoms with Crippen molar-refractivity contribution in [3.63, 3.8) is 0 Å². The summed E-state index contributed by atoms with van der Waals surface area (Å²) in [5, 5.41) is 17.0. The molecule has 0 saturated heterocycles. The van der Waals surface area contributed by atoms with Crippen LogP contribution in [0.1, 0.15) is 33.9 Å². The summed E-state index contributed by atoms with van der Waals surface area (Å²) in [6, 6.07) is 18.6. The first-order valence-electron chi connectivity index (χ1n) is 13.0. The number of imidazole rings is 1. The van der Waals surface area contributed by atoms with Crippen LogP contribution in [0, 0.1) is 5.82 Å². The number of fused-ring (bicyclic) bond motifs is 2. The van der Waals surface area contributed by atoms with Crippen LogP contribution >= 0.6 is 0 Å². The van der Waals surface area contributed by atoms with Crippen molar-refractivity contribution in [3.05, 3.63) is 108 Å². The number of nitrogens with two attached hydrogens (primary N) is 1. The number of nitrogens with one attached hydrogen (secondary N) is 1. The van der Waals surface area contributed by atoms with Crippen molar-refractivity contribution in [1.29, 1.82) is 0 Å². The summed E-state index contributed by atoms with van der Waals surface area (Å²) in [6.07, 6.45) is 6.60. The molecule has 1 aliphatic rings. The summed E-state index contributed by atoms with van der Waals surface area (Å²) < 4.78 is 17.1. The van der Waals surface area contributed by atoms with E-state index in [1.807, 2.05) is 53.2 Å². The molecule has 4 heterocycles. The van der Waals surface area contributed by atoms with Crippen LogP contribution in [0.25, 0.3) is 34.1 Å². The van der Waals surface area contributed by atoms with Gasteiger partial charge < -0.3 is 16.2 Å². The molecule has 4 aromatic heterocycles. The van der Waals surface area contributed by atoms with Gasteiger partial charge in [0.1, 0.15) is 11.3 Å². The van der Waals surface area contributed by atoms with E-state index in [1.54, 1.807) is 17.1 Å². The molecule has 0 saturated carbocycles. The molecule has 1 amide bonds. The van der Waals surface area contributed by atoms with Gasteiger partial charge in [0, 0.05) is 29.8 Å². The fraction of sp³-hybridized carbons (Fsp3) is 0.100. The Morgan fingerprint density at radius 2 is 1.95 bits per heavy atom. The van der Waals surface area contributed by atoms with Crippen LogP contribution in [0.4, 0.5) is 10.2 Å². The van der Waals surface area contributed by atoms with Crippen LogP contribution in [0.5, 0.6) is 5.75 Å². The molecule has 1 aliphatic carbocycles. The summed E-state index contributed by atoms with van der Waals surface area (Å²) in [5.74, 6) is -0.110. The van der Waals surface area contributed by atoms with Gasteiger partial charge in [-0.25, -0.2) is 24.0 Å². The molecular weight excluding hydrogens is 523 g/mol. The largest absolute Gasteiger partial charge is 0.505 e. The number of carbonyl (C=O) groups is 1. The lowest BCUT2D eigenvalue weighted by atomic mass is 10.1. The third-order valence-electron chi connectivity index (χ3n) is 7.28. The van der Waals surface area contributed by atoms with E-state index in [1.165, 1.54) is 6.07 Å². The number of phenolic OH excluding ortho intramolecular Hbond substituents is 1. The number of anilines is 1. The molecule has 7 rings (SSSR count). The SMILES string of the molecule is Nc1ncccc1-c1nc2ccc(-n3cccn3)nc2n1-c1ccc2c(c1)CC[C@@H]2NC(=O)c1ccc(F)c(O)c1. The van der Waals surface area contributed by atoms with E-state index in [-0.39, 0.29) is 17.5 Å². The number of aromatic nitrogens is 6. The topological polar surface area (TPSA) is 137 Å². The molecule has 0 aliphatic heterocycles. The van der Waals surface area contributed by atoms with E-state index in [2.05, 4.69) is 21.5 Å². The van der Waals surface area contributed by atoms with Crippen molar-refractivity contribution in [2.75, 3.05) is 5.73 Å². The van der Waals surface area contributed by atoms with E-state index in [4.69, 9.17) is 15.7 Å². The third-order valence-corrected chi connectivity index (χ3v) is 7.28. The summed E-state index contributed by atoms with van der Waals surface area (Å²) in [7, 11) is 0. The standard InChI is InChI=1S/C30H23FN8O2/c31-22-8-4-18(16-25(22)40)30(41)36-23-9-5-17-15-19(6-7-20(17)23)39-28(21-3-1-12-33-27(21)32)35-24-10-11-26(37-29(24)39)38-14-2-13-34-38/h1-4,6-8,10-16,23,40H,5,9H2,(H2,32,33)(H,36,41)/t23-/m0/s1. The first-order valence-corrected chi connectivity index (χ1v) is 13.0. The Morgan fingerprint density at radius 3 is 2.76 bits per heavy atom. The van der Waals surface area contributed by atoms with Crippen molar-refractivity contribution >= 4 is 22.9 Å². The quantitative estimate of drug-likeness (QED) is 0.289. The molecule has 0 unspecified atom stereocenters. The van der Waals surface area contributed by atoms with Gasteiger partial charge >= 0.3 is 0 Å². The zero-order valence-corrected chi connectivity index (χ0v) is 21.6. The molecule has 0 fully saturated rings. The molecule has 11 heteroatoms. The minimum atomic E-state index is -0.772. The normalized spacial score (nSPS) is 14.3. The number of nitrogens with zero attached hydrogens (tertiary/aromatic N) is 6. The minimum Gasteiger partial charge on any atom is -0.505 e. The zero-order chi connectivity index (χ0) is 28.1. The molecule has 4 N–H and O–H groups in total. The van der Waals surface area contributed by atoms with E-state index >= 15 is 0 Å². The van der Waals surface area contributed by atoms with Crippen molar-refractivity contribution in [2.24, 2.45) is 0 Å².